The third-order valence-electron chi connectivity index (χ3n) is 5.81. The molecule has 0 spiro atoms. The first-order chi connectivity index (χ1) is 14.2. The molecular formula is C22H32IN7. The van der Waals surface area contributed by atoms with Crippen molar-refractivity contribution < 1.29 is 0 Å². The maximum Gasteiger partial charge on any atom is 0.191 e. The number of halogens is 1. The van der Waals surface area contributed by atoms with Crippen molar-refractivity contribution in [1.82, 2.24) is 30.0 Å². The minimum atomic E-state index is 0. The van der Waals surface area contributed by atoms with Gasteiger partial charge in [-0.25, -0.2) is 4.99 Å². The van der Waals surface area contributed by atoms with Gasteiger partial charge in [0.1, 0.15) is 12.4 Å². The van der Waals surface area contributed by atoms with E-state index in [0.717, 1.165) is 37.1 Å². The van der Waals surface area contributed by atoms with Gasteiger partial charge in [-0.15, -0.1) is 34.2 Å². The van der Waals surface area contributed by atoms with Crippen LogP contribution in [0, 0.1) is 6.92 Å². The van der Waals surface area contributed by atoms with Crippen LogP contribution in [-0.2, 0) is 20.1 Å². The summed E-state index contributed by atoms with van der Waals surface area (Å²) in [5.41, 5.74) is 1.29. The first-order valence-electron chi connectivity index (χ1n) is 10.6. The first-order valence-corrected chi connectivity index (χ1v) is 10.6. The molecule has 0 atom stereocenters. The fraction of sp³-hybridized carbons (Fsp3) is 0.500. The Morgan fingerprint density at radius 1 is 1.17 bits per heavy atom. The van der Waals surface area contributed by atoms with Crippen molar-refractivity contribution in [2.24, 2.45) is 12.0 Å². The number of hydrogen-bond donors (Lipinski definition) is 2. The molecule has 1 aromatic carbocycles. The Morgan fingerprint density at radius 3 is 2.73 bits per heavy atom. The highest BCUT2D eigenvalue weighted by Gasteiger charge is 2.16. The van der Waals surface area contributed by atoms with E-state index in [4.69, 9.17) is 4.99 Å². The van der Waals surface area contributed by atoms with E-state index < -0.39 is 0 Å². The van der Waals surface area contributed by atoms with Crippen LogP contribution in [0.15, 0.2) is 41.5 Å². The van der Waals surface area contributed by atoms with E-state index >= 15 is 0 Å². The molecule has 0 bridgehead atoms. The number of nitrogens with zero attached hydrogens (tertiary/aromatic N) is 5. The van der Waals surface area contributed by atoms with Crippen LogP contribution in [0.2, 0.25) is 0 Å². The highest BCUT2D eigenvalue weighted by atomic mass is 127. The summed E-state index contributed by atoms with van der Waals surface area (Å²) in [5.74, 6) is 2.68. The number of guanidine groups is 1. The topological polar surface area (TPSA) is 72.1 Å². The highest BCUT2D eigenvalue weighted by Crippen LogP contribution is 2.17. The second-order valence-electron chi connectivity index (χ2n) is 7.86. The molecule has 0 amide bonds. The Balaban J connectivity index is 0.00000256. The molecule has 2 heterocycles. The average Bonchev–Trinajstić information content (AvgIpc) is 3.46. The van der Waals surface area contributed by atoms with Gasteiger partial charge in [-0.3, -0.25) is 0 Å². The van der Waals surface area contributed by atoms with Crippen LogP contribution in [0.3, 0.4) is 0 Å². The number of rotatable bonds is 7. The minimum absolute atomic E-state index is 0. The molecular weight excluding hydrogens is 489 g/mol. The molecule has 0 unspecified atom stereocenters. The zero-order chi connectivity index (χ0) is 20.1. The normalized spacial score (nSPS) is 14.8. The molecule has 3 aromatic rings. The van der Waals surface area contributed by atoms with E-state index in [1.54, 1.807) is 0 Å². The van der Waals surface area contributed by atoms with Gasteiger partial charge in [0.25, 0.3) is 0 Å². The monoisotopic (exact) mass is 521 g/mol. The second kappa shape index (κ2) is 10.8. The summed E-state index contributed by atoms with van der Waals surface area (Å²) >= 11 is 0. The maximum atomic E-state index is 4.78. The van der Waals surface area contributed by atoms with E-state index in [1.165, 1.54) is 36.6 Å². The van der Waals surface area contributed by atoms with Crippen LogP contribution in [0.1, 0.15) is 43.8 Å². The smallest absolute Gasteiger partial charge is 0.191 e. The predicted octanol–water partition coefficient (Wildman–Crippen LogP) is 3.76. The molecule has 8 heteroatoms. The van der Waals surface area contributed by atoms with Crippen LogP contribution in [0.5, 0.6) is 0 Å². The average molecular weight is 521 g/mol. The second-order valence-corrected chi connectivity index (χ2v) is 7.86. The van der Waals surface area contributed by atoms with Crippen LogP contribution < -0.4 is 10.6 Å². The molecule has 2 N–H and O–H groups in total. The minimum Gasteiger partial charge on any atom is -0.356 e. The molecule has 0 radical (unpaired) electrons. The summed E-state index contributed by atoms with van der Waals surface area (Å²) in [5, 5.41) is 16.8. The lowest BCUT2D eigenvalue weighted by Gasteiger charge is -2.17. The molecule has 1 aliphatic rings. The number of nitrogens with one attached hydrogen (secondary N) is 2. The number of fused-ring (bicyclic) bond motifs is 1. The molecule has 4 rings (SSSR count). The molecule has 2 aromatic heterocycles. The van der Waals surface area contributed by atoms with Crippen molar-refractivity contribution in [1.29, 1.82) is 0 Å². The number of benzene rings is 1. The van der Waals surface area contributed by atoms with Gasteiger partial charge < -0.3 is 19.8 Å². The number of hydrogen-bond acceptors (Lipinski definition) is 3. The van der Waals surface area contributed by atoms with Gasteiger partial charge in [-0.1, -0.05) is 31.0 Å². The van der Waals surface area contributed by atoms with E-state index in [1.807, 2.05) is 18.5 Å². The van der Waals surface area contributed by atoms with Crippen LogP contribution in [0.25, 0.3) is 10.9 Å². The van der Waals surface area contributed by atoms with Crippen molar-refractivity contribution in [3.63, 3.8) is 0 Å². The Morgan fingerprint density at radius 2 is 1.97 bits per heavy atom. The van der Waals surface area contributed by atoms with Crippen molar-refractivity contribution in [2.75, 3.05) is 6.54 Å². The van der Waals surface area contributed by atoms with Gasteiger partial charge >= 0.3 is 0 Å². The van der Waals surface area contributed by atoms with Gasteiger partial charge in [0.2, 0.25) is 0 Å². The maximum absolute atomic E-state index is 4.78. The largest absolute Gasteiger partial charge is 0.356 e. The zero-order valence-corrected chi connectivity index (χ0v) is 20.2. The summed E-state index contributed by atoms with van der Waals surface area (Å²) in [6.45, 7) is 4.35. The van der Waals surface area contributed by atoms with Gasteiger partial charge in [0.15, 0.2) is 11.8 Å². The number of para-hydroxylation sites is 1. The molecule has 7 nitrogen and oxygen atoms in total. The molecule has 162 valence electrons. The predicted molar refractivity (Wildman–Crippen MR) is 132 cm³/mol. The van der Waals surface area contributed by atoms with E-state index in [9.17, 15) is 0 Å². The van der Waals surface area contributed by atoms with Crippen molar-refractivity contribution in [3.05, 3.63) is 48.2 Å². The standard InChI is InChI=1S/C22H31N7.HI/c1-17-26-27-21(28(17)2)16-24-22(25-19-9-4-5-10-19)23-13-7-14-29-15-12-18-8-3-6-11-20(18)29;/h3,6,8,11-12,15,19H,4-5,7,9-10,13-14,16H2,1-2H3,(H2,23,24,25);1H. The van der Waals surface area contributed by atoms with E-state index in [0.29, 0.717) is 12.6 Å². The van der Waals surface area contributed by atoms with Crippen LogP contribution in [0.4, 0.5) is 0 Å². The first kappa shape index (κ1) is 22.6. The summed E-state index contributed by atoms with van der Waals surface area (Å²) in [7, 11) is 1.99. The lowest BCUT2D eigenvalue weighted by molar-refractivity contribution is 0.595. The Hall–Kier alpha value is -2.10. The van der Waals surface area contributed by atoms with Gasteiger partial charge in [-0.2, -0.15) is 0 Å². The van der Waals surface area contributed by atoms with E-state index in [2.05, 4.69) is 61.9 Å². The third kappa shape index (κ3) is 5.53. The molecule has 30 heavy (non-hydrogen) atoms. The molecule has 0 saturated heterocycles. The molecule has 1 saturated carbocycles. The number of aryl methyl sites for hydroxylation is 2. The van der Waals surface area contributed by atoms with Crippen molar-refractivity contribution >= 4 is 40.8 Å². The Labute approximate surface area is 195 Å². The highest BCUT2D eigenvalue weighted by molar-refractivity contribution is 14.0. The van der Waals surface area contributed by atoms with Crippen molar-refractivity contribution in [3.8, 4) is 0 Å². The summed E-state index contributed by atoms with van der Waals surface area (Å²) in [6.07, 6.45) is 8.25. The lowest BCUT2D eigenvalue weighted by Crippen LogP contribution is -2.43. The fourth-order valence-electron chi connectivity index (χ4n) is 3.95. The zero-order valence-electron chi connectivity index (χ0n) is 17.8. The van der Waals surface area contributed by atoms with Gasteiger partial charge in [-0.05, 0) is 43.7 Å². The number of aromatic nitrogens is 4. The lowest BCUT2D eigenvalue weighted by atomic mass is 10.2. The van der Waals surface area contributed by atoms with Crippen LogP contribution >= 0.6 is 24.0 Å². The number of aliphatic imine (C=N–C) groups is 1. The van der Waals surface area contributed by atoms with Gasteiger partial charge in [0, 0.05) is 37.9 Å². The van der Waals surface area contributed by atoms with Crippen LogP contribution in [-0.4, -0.2) is 37.9 Å². The fourth-order valence-corrected chi connectivity index (χ4v) is 3.95. The summed E-state index contributed by atoms with van der Waals surface area (Å²) in [4.78, 5) is 4.78. The third-order valence-corrected chi connectivity index (χ3v) is 5.81. The van der Waals surface area contributed by atoms with Crippen molar-refractivity contribution in [2.45, 2.75) is 58.2 Å². The Kier molecular flexibility index (Phi) is 8.12. The quantitative estimate of drug-likeness (QED) is 0.215. The summed E-state index contributed by atoms with van der Waals surface area (Å²) in [6, 6.07) is 11.2. The molecule has 1 aliphatic carbocycles. The molecule has 0 aliphatic heterocycles. The van der Waals surface area contributed by atoms with Gasteiger partial charge in [0.05, 0.1) is 0 Å². The summed E-state index contributed by atoms with van der Waals surface area (Å²) < 4.78 is 4.31. The van der Waals surface area contributed by atoms with E-state index in [-0.39, 0.29) is 24.0 Å². The SMILES string of the molecule is Cc1nnc(CN=C(NCCCn2ccc3ccccc32)NC2CCCC2)n1C.I. The molecule has 1 fully saturated rings. The Bertz CT molecular complexity index is 969.